The number of rotatable bonds is 5. The summed E-state index contributed by atoms with van der Waals surface area (Å²) in [4.78, 5) is 20.7. The molecule has 0 saturated carbocycles. The maximum atomic E-state index is 12.2. The molecule has 29 heavy (non-hydrogen) atoms. The van der Waals surface area contributed by atoms with Gasteiger partial charge in [-0.1, -0.05) is 38.1 Å². The van der Waals surface area contributed by atoms with Crippen LogP contribution in [0.5, 0.6) is 0 Å². The summed E-state index contributed by atoms with van der Waals surface area (Å²) < 4.78 is 5.71. The lowest BCUT2D eigenvalue weighted by molar-refractivity contribution is -0.111. The fourth-order valence-corrected chi connectivity index (χ4v) is 2.94. The molecule has 0 saturated heterocycles. The fraction of sp³-hybridized carbons (Fsp3) is 0.125. The minimum absolute atomic E-state index is 0.184. The number of fused-ring (bicyclic) bond motifs is 1. The topological polar surface area (TPSA) is 68.0 Å². The van der Waals surface area contributed by atoms with Crippen molar-refractivity contribution in [2.24, 2.45) is 0 Å². The maximum Gasteiger partial charge on any atom is 0.248 e. The first-order chi connectivity index (χ1) is 14.1. The Hall–Kier alpha value is -3.73. The van der Waals surface area contributed by atoms with Gasteiger partial charge in [0.2, 0.25) is 11.8 Å². The number of amides is 1. The summed E-state index contributed by atoms with van der Waals surface area (Å²) in [5.41, 5.74) is 5.01. The predicted molar refractivity (Wildman–Crippen MR) is 115 cm³/mol. The first-order valence-electron chi connectivity index (χ1n) is 9.49. The summed E-state index contributed by atoms with van der Waals surface area (Å²) in [6.07, 6.45) is 5.02. The normalized spacial score (nSPS) is 11.4. The lowest BCUT2D eigenvalue weighted by atomic mass is 10.0. The van der Waals surface area contributed by atoms with Crippen molar-refractivity contribution in [3.63, 3.8) is 0 Å². The van der Waals surface area contributed by atoms with Gasteiger partial charge in [0, 0.05) is 23.5 Å². The van der Waals surface area contributed by atoms with Crippen LogP contribution < -0.4 is 5.32 Å². The van der Waals surface area contributed by atoms with Crippen LogP contribution in [0.2, 0.25) is 0 Å². The molecule has 4 rings (SSSR count). The molecule has 144 valence electrons. The lowest BCUT2D eigenvalue weighted by Crippen LogP contribution is -2.07. The van der Waals surface area contributed by atoms with Crippen molar-refractivity contribution >= 4 is 28.9 Å². The van der Waals surface area contributed by atoms with Crippen LogP contribution in [0.1, 0.15) is 30.9 Å². The van der Waals surface area contributed by atoms with Gasteiger partial charge in [-0.25, -0.2) is 4.98 Å². The van der Waals surface area contributed by atoms with Gasteiger partial charge in [-0.15, -0.1) is 0 Å². The summed E-state index contributed by atoms with van der Waals surface area (Å²) in [5, 5.41) is 2.86. The van der Waals surface area contributed by atoms with E-state index in [2.05, 4.69) is 41.3 Å². The van der Waals surface area contributed by atoms with E-state index in [9.17, 15) is 4.79 Å². The van der Waals surface area contributed by atoms with E-state index in [1.54, 1.807) is 12.3 Å². The highest BCUT2D eigenvalue weighted by Gasteiger charge is 2.08. The zero-order chi connectivity index (χ0) is 20.2. The molecule has 1 amide bonds. The van der Waals surface area contributed by atoms with Crippen LogP contribution in [-0.4, -0.2) is 15.9 Å². The Balaban J connectivity index is 1.40. The van der Waals surface area contributed by atoms with Gasteiger partial charge < -0.3 is 9.73 Å². The maximum absolute atomic E-state index is 12.2. The van der Waals surface area contributed by atoms with Crippen molar-refractivity contribution in [2.45, 2.75) is 19.8 Å². The van der Waals surface area contributed by atoms with Crippen molar-refractivity contribution in [1.82, 2.24) is 9.97 Å². The van der Waals surface area contributed by atoms with Crippen LogP contribution in [0, 0.1) is 0 Å². The molecular weight excluding hydrogens is 362 g/mol. The second-order valence-corrected chi connectivity index (χ2v) is 7.07. The van der Waals surface area contributed by atoms with Gasteiger partial charge in [-0.05, 0) is 59.5 Å². The van der Waals surface area contributed by atoms with Crippen LogP contribution in [0.3, 0.4) is 0 Å². The van der Waals surface area contributed by atoms with Crippen LogP contribution in [0.4, 0.5) is 5.69 Å². The SMILES string of the molecule is CC(C)c1ccc(/C=C/C(=O)Nc2ccc(-c3nc4ncccc4o3)cc2)cc1. The molecule has 4 aromatic rings. The molecule has 0 bridgehead atoms. The Morgan fingerprint density at radius 2 is 1.79 bits per heavy atom. The van der Waals surface area contributed by atoms with E-state index in [-0.39, 0.29) is 5.91 Å². The number of nitrogens with zero attached hydrogens (tertiary/aromatic N) is 2. The summed E-state index contributed by atoms with van der Waals surface area (Å²) in [7, 11) is 0. The summed E-state index contributed by atoms with van der Waals surface area (Å²) >= 11 is 0. The third-order valence-corrected chi connectivity index (χ3v) is 4.59. The number of pyridine rings is 1. The van der Waals surface area contributed by atoms with Gasteiger partial charge in [0.1, 0.15) is 0 Å². The number of carbonyl (C=O) groups excluding carboxylic acids is 1. The fourth-order valence-electron chi connectivity index (χ4n) is 2.94. The number of hydrogen-bond donors (Lipinski definition) is 1. The van der Waals surface area contributed by atoms with E-state index in [1.165, 1.54) is 11.6 Å². The van der Waals surface area contributed by atoms with Crippen molar-refractivity contribution in [3.05, 3.63) is 84.1 Å². The quantitative estimate of drug-likeness (QED) is 0.451. The minimum Gasteiger partial charge on any atom is -0.434 e. The molecule has 0 radical (unpaired) electrons. The Kier molecular flexibility index (Phi) is 5.20. The van der Waals surface area contributed by atoms with Crippen LogP contribution in [0.25, 0.3) is 28.8 Å². The number of oxazole rings is 1. The molecule has 2 aromatic heterocycles. The van der Waals surface area contributed by atoms with Gasteiger partial charge in [0.25, 0.3) is 0 Å². The van der Waals surface area contributed by atoms with Gasteiger partial charge in [-0.2, -0.15) is 4.98 Å². The minimum atomic E-state index is -0.184. The molecule has 2 aromatic carbocycles. The third kappa shape index (κ3) is 4.41. The summed E-state index contributed by atoms with van der Waals surface area (Å²) in [5.74, 6) is 0.809. The van der Waals surface area contributed by atoms with E-state index in [0.29, 0.717) is 28.7 Å². The number of anilines is 1. The zero-order valence-electron chi connectivity index (χ0n) is 16.3. The van der Waals surface area contributed by atoms with Gasteiger partial charge in [-0.3, -0.25) is 4.79 Å². The lowest BCUT2D eigenvalue weighted by Gasteiger charge is -2.05. The highest BCUT2D eigenvalue weighted by atomic mass is 16.3. The number of hydrogen-bond acceptors (Lipinski definition) is 4. The summed E-state index contributed by atoms with van der Waals surface area (Å²) in [6.45, 7) is 4.31. The Bertz CT molecular complexity index is 1120. The predicted octanol–water partition coefficient (Wildman–Crippen LogP) is 5.67. The molecule has 2 heterocycles. The van der Waals surface area contributed by atoms with E-state index >= 15 is 0 Å². The Labute approximate surface area is 169 Å². The highest BCUT2D eigenvalue weighted by molar-refractivity contribution is 6.02. The Morgan fingerprint density at radius 3 is 2.48 bits per heavy atom. The Morgan fingerprint density at radius 1 is 1.03 bits per heavy atom. The molecule has 0 aliphatic heterocycles. The van der Waals surface area contributed by atoms with Crippen molar-refractivity contribution in [2.75, 3.05) is 5.32 Å². The van der Waals surface area contributed by atoms with E-state index in [1.807, 2.05) is 48.5 Å². The van der Waals surface area contributed by atoms with Crippen LogP contribution in [-0.2, 0) is 4.79 Å². The molecule has 0 atom stereocenters. The molecule has 0 aliphatic carbocycles. The zero-order valence-corrected chi connectivity index (χ0v) is 16.3. The average molecular weight is 383 g/mol. The van der Waals surface area contributed by atoms with E-state index in [0.717, 1.165) is 11.1 Å². The monoisotopic (exact) mass is 383 g/mol. The molecule has 0 spiro atoms. The average Bonchev–Trinajstić information content (AvgIpc) is 3.17. The summed E-state index contributed by atoms with van der Waals surface area (Å²) in [6, 6.07) is 19.2. The molecule has 0 unspecified atom stereocenters. The molecule has 5 nitrogen and oxygen atoms in total. The largest absolute Gasteiger partial charge is 0.434 e. The van der Waals surface area contributed by atoms with E-state index < -0.39 is 0 Å². The number of aromatic nitrogens is 2. The van der Waals surface area contributed by atoms with Gasteiger partial charge in [0.15, 0.2) is 11.2 Å². The number of nitrogens with one attached hydrogen (secondary N) is 1. The van der Waals surface area contributed by atoms with Crippen molar-refractivity contribution in [1.29, 1.82) is 0 Å². The second-order valence-electron chi connectivity index (χ2n) is 7.07. The van der Waals surface area contributed by atoms with Crippen LogP contribution in [0.15, 0.2) is 77.4 Å². The van der Waals surface area contributed by atoms with Crippen molar-refractivity contribution in [3.8, 4) is 11.5 Å². The second kappa shape index (κ2) is 8.10. The third-order valence-electron chi connectivity index (χ3n) is 4.59. The molecule has 1 N–H and O–H groups in total. The van der Waals surface area contributed by atoms with Gasteiger partial charge >= 0.3 is 0 Å². The van der Waals surface area contributed by atoms with Gasteiger partial charge in [0.05, 0.1) is 0 Å². The first kappa shape index (κ1) is 18.6. The molecule has 5 heteroatoms. The molecule has 0 fully saturated rings. The highest BCUT2D eigenvalue weighted by Crippen LogP contribution is 2.24. The first-order valence-corrected chi connectivity index (χ1v) is 9.49. The smallest absolute Gasteiger partial charge is 0.248 e. The number of carbonyl (C=O) groups is 1. The standard InChI is InChI=1S/C24H21N3O2/c1-16(2)18-8-5-17(6-9-18)7-14-22(28)26-20-12-10-19(11-13-20)24-27-23-21(29-24)4-3-15-25-23/h3-16H,1-2H3,(H,26,28)/b14-7+. The van der Waals surface area contributed by atoms with Crippen molar-refractivity contribution < 1.29 is 9.21 Å². The van der Waals surface area contributed by atoms with E-state index in [4.69, 9.17) is 4.42 Å². The molecule has 0 aliphatic rings. The van der Waals surface area contributed by atoms with Crippen LogP contribution >= 0.6 is 0 Å². The number of benzene rings is 2. The molecular formula is C24H21N3O2.